The average molecular weight is 127 g/mol. The molecule has 0 atom stereocenters. The van der Waals surface area contributed by atoms with Gasteiger partial charge in [-0.3, -0.25) is 0 Å². The van der Waals surface area contributed by atoms with Gasteiger partial charge < -0.3 is 5.21 Å². The molecule has 0 N–H and O–H groups in total. The third-order valence-electron chi connectivity index (χ3n) is 1.88. The van der Waals surface area contributed by atoms with Crippen LogP contribution in [0.15, 0.2) is 0 Å². The molecule has 1 heterocycles. The summed E-state index contributed by atoms with van der Waals surface area (Å²) in [6.45, 7) is 3.96. The lowest BCUT2D eigenvalue weighted by molar-refractivity contribution is -0.542. The van der Waals surface area contributed by atoms with E-state index in [1.165, 1.54) is 0 Å². The first-order chi connectivity index (χ1) is 4.13. The molecule has 0 saturated heterocycles. The van der Waals surface area contributed by atoms with Crippen LogP contribution in [0.3, 0.4) is 0 Å². The highest BCUT2D eigenvalue weighted by molar-refractivity contribution is 5.52. The van der Waals surface area contributed by atoms with E-state index >= 15 is 0 Å². The Morgan fingerprint density at radius 1 is 1.56 bits per heavy atom. The Bertz CT molecular complexity index is 138. The average Bonchev–Trinajstić information content (AvgIpc) is 1.77. The first-order valence-electron chi connectivity index (χ1n) is 3.43. The van der Waals surface area contributed by atoms with Gasteiger partial charge in [0.2, 0.25) is 0 Å². The topological polar surface area (TPSA) is 26.1 Å². The number of hydrogen-bond acceptors (Lipinski definition) is 1. The first-order valence-corrected chi connectivity index (χ1v) is 3.43. The maximum absolute atomic E-state index is 11.0. The van der Waals surface area contributed by atoms with Crippen molar-refractivity contribution in [3.05, 3.63) is 5.21 Å². The molecule has 1 aliphatic heterocycles. The zero-order chi connectivity index (χ0) is 6.91. The number of nitrogens with zero attached hydrogens (tertiary/aromatic N) is 1. The third-order valence-corrected chi connectivity index (χ3v) is 1.88. The molecule has 2 heteroatoms. The predicted octanol–water partition coefficient (Wildman–Crippen LogP) is 1.53. The first kappa shape index (κ1) is 6.59. The fourth-order valence-electron chi connectivity index (χ4n) is 1.10. The molecule has 0 bridgehead atoms. The summed E-state index contributed by atoms with van der Waals surface area (Å²) in [6.07, 6.45) is 4.87. The lowest BCUT2D eigenvalue weighted by Crippen LogP contribution is -2.35. The Morgan fingerprint density at radius 2 is 2.22 bits per heavy atom. The van der Waals surface area contributed by atoms with Crippen molar-refractivity contribution in [3.8, 4) is 0 Å². The van der Waals surface area contributed by atoms with Gasteiger partial charge in [-0.05, 0) is 6.42 Å². The highest BCUT2D eigenvalue weighted by Crippen LogP contribution is 2.19. The molecule has 0 saturated carbocycles. The van der Waals surface area contributed by atoms with Gasteiger partial charge in [-0.15, -0.1) is 0 Å². The Kier molecular flexibility index (Phi) is 1.47. The Labute approximate surface area is 55.8 Å². The Hall–Kier alpha value is -0.530. The van der Waals surface area contributed by atoms with Crippen LogP contribution in [0.2, 0.25) is 0 Å². The standard InChI is InChI=1S/C7H13NO/c1-7(2)5-3-4-6-8(7)9/h6H,3-5H2,1-2H3. The molecule has 9 heavy (non-hydrogen) atoms. The van der Waals surface area contributed by atoms with E-state index in [0.717, 1.165) is 24.0 Å². The zero-order valence-electron chi connectivity index (χ0n) is 6.05. The second-order valence-corrected chi connectivity index (χ2v) is 3.21. The molecule has 0 amide bonds. The largest absolute Gasteiger partial charge is 0.624 e. The maximum Gasteiger partial charge on any atom is 0.167 e. The number of rotatable bonds is 0. The van der Waals surface area contributed by atoms with Gasteiger partial charge in [0, 0.05) is 26.7 Å². The lowest BCUT2D eigenvalue weighted by atomic mass is 9.95. The van der Waals surface area contributed by atoms with Gasteiger partial charge >= 0.3 is 0 Å². The molecule has 0 spiro atoms. The van der Waals surface area contributed by atoms with Crippen LogP contribution in [0.5, 0.6) is 0 Å². The van der Waals surface area contributed by atoms with Gasteiger partial charge in [-0.1, -0.05) is 0 Å². The summed E-state index contributed by atoms with van der Waals surface area (Å²) in [6, 6.07) is 0. The van der Waals surface area contributed by atoms with Crippen LogP contribution < -0.4 is 0 Å². The van der Waals surface area contributed by atoms with E-state index in [-0.39, 0.29) is 5.54 Å². The minimum absolute atomic E-state index is 0.141. The van der Waals surface area contributed by atoms with Crippen LogP contribution in [0.25, 0.3) is 0 Å². The molecule has 2 nitrogen and oxygen atoms in total. The summed E-state index contributed by atoms with van der Waals surface area (Å²) in [7, 11) is 0. The van der Waals surface area contributed by atoms with Crippen LogP contribution in [-0.2, 0) is 0 Å². The highest BCUT2D eigenvalue weighted by Gasteiger charge is 2.27. The minimum Gasteiger partial charge on any atom is -0.624 e. The van der Waals surface area contributed by atoms with E-state index in [4.69, 9.17) is 0 Å². The zero-order valence-corrected chi connectivity index (χ0v) is 6.05. The summed E-state index contributed by atoms with van der Waals surface area (Å²) < 4.78 is 1.08. The molecule has 1 aliphatic rings. The van der Waals surface area contributed by atoms with Crippen LogP contribution in [0.1, 0.15) is 33.1 Å². The smallest absolute Gasteiger partial charge is 0.167 e. The van der Waals surface area contributed by atoms with Crippen molar-refractivity contribution in [2.75, 3.05) is 0 Å². The summed E-state index contributed by atoms with van der Waals surface area (Å²) >= 11 is 0. The van der Waals surface area contributed by atoms with E-state index < -0.39 is 0 Å². The van der Waals surface area contributed by atoms with E-state index in [9.17, 15) is 5.21 Å². The van der Waals surface area contributed by atoms with Gasteiger partial charge in [0.1, 0.15) is 0 Å². The fraction of sp³-hybridized carbons (Fsp3) is 0.857. The summed E-state index contributed by atoms with van der Waals surface area (Å²) in [5, 5.41) is 11.0. The van der Waals surface area contributed by atoms with E-state index in [1.54, 1.807) is 6.21 Å². The van der Waals surface area contributed by atoms with Crippen molar-refractivity contribution >= 4 is 6.21 Å². The number of hydrogen-bond donors (Lipinski definition) is 0. The van der Waals surface area contributed by atoms with Gasteiger partial charge in [0.05, 0.1) is 0 Å². The maximum atomic E-state index is 11.0. The summed E-state index contributed by atoms with van der Waals surface area (Å²) in [5.74, 6) is 0. The molecule has 0 aliphatic carbocycles. The van der Waals surface area contributed by atoms with Crippen molar-refractivity contribution in [3.63, 3.8) is 0 Å². The lowest BCUT2D eigenvalue weighted by Gasteiger charge is -2.26. The molecule has 0 aromatic carbocycles. The van der Waals surface area contributed by atoms with Crippen molar-refractivity contribution in [1.29, 1.82) is 0 Å². The molecule has 0 aromatic rings. The van der Waals surface area contributed by atoms with Crippen molar-refractivity contribution in [2.24, 2.45) is 0 Å². The van der Waals surface area contributed by atoms with Gasteiger partial charge in [0.15, 0.2) is 11.8 Å². The molecule has 0 fully saturated rings. The minimum atomic E-state index is -0.141. The predicted molar refractivity (Wildman–Crippen MR) is 37.6 cm³/mol. The van der Waals surface area contributed by atoms with Crippen LogP contribution >= 0.6 is 0 Å². The van der Waals surface area contributed by atoms with E-state index in [2.05, 4.69) is 0 Å². The van der Waals surface area contributed by atoms with Gasteiger partial charge in [0.25, 0.3) is 0 Å². The number of hydroxylamine groups is 1. The molecule has 0 unspecified atom stereocenters. The molecular formula is C7H13NO. The van der Waals surface area contributed by atoms with Crippen LogP contribution in [0, 0.1) is 5.21 Å². The summed E-state index contributed by atoms with van der Waals surface area (Å²) in [4.78, 5) is 0. The normalized spacial score (nSPS) is 25.3. The van der Waals surface area contributed by atoms with Crippen molar-refractivity contribution in [2.45, 2.75) is 38.6 Å². The molecule has 52 valence electrons. The SMILES string of the molecule is CC1(C)CCCC=[N+]1[O-]. The fourth-order valence-corrected chi connectivity index (χ4v) is 1.10. The molecule has 0 aromatic heterocycles. The quantitative estimate of drug-likeness (QED) is 0.358. The van der Waals surface area contributed by atoms with Crippen LogP contribution in [-0.4, -0.2) is 16.5 Å². The molecule has 0 radical (unpaired) electrons. The second-order valence-electron chi connectivity index (χ2n) is 3.21. The van der Waals surface area contributed by atoms with Crippen LogP contribution in [0.4, 0.5) is 0 Å². The molecular weight excluding hydrogens is 114 g/mol. The highest BCUT2D eigenvalue weighted by atomic mass is 16.5. The van der Waals surface area contributed by atoms with Gasteiger partial charge in [-0.25, -0.2) is 4.74 Å². The third kappa shape index (κ3) is 1.23. The Balaban J connectivity index is 2.73. The van der Waals surface area contributed by atoms with Crippen molar-refractivity contribution < 1.29 is 4.74 Å². The molecule has 1 rings (SSSR count). The van der Waals surface area contributed by atoms with E-state index in [0.29, 0.717) is 0 Å². The Morgan fingerprint density at radius 3 is 2.56 bits per heavy atom. The van der Waals surface area contributed by atoms with Crippen molar-refractivity contribution in [1.82, 2.24) is 0 Å². The van der Waals surface area contributed by atoms with Gasteiger partial charge in [-0.2, -0.15) is 0 Å². The summed E-state index contributed by atoms with van der Waals surface area (Å²) in [5.41, 5.74) is -0.141. The van der Waals surface area contributed by atoms with E-state index in [1.807, 2.05) is 13.8 Å². The second kappa shape index (κ2) is 2.01. The monoisotopic (exact) mass is 127 g/mol.